The first kappa shape index (κ1) is 14.4. The van der Waals surface area contributed by atoms with Crippen LogP contribution in [-0.4, -0.2) is 23.2 Å². The largest absolute Gasteiger partial charge is 0.338 e. The molecule has 1 aliphatic rings. The van der Waals surface area contributed by atoms with Gasteiger partial charge < -0.3 is 9.05 Å². The molecule has 0 bridgehead atoms. The highest BCUT2D eigenvalue weighted by atomic mass is 79.9. The van der Waals surface area contributed by atoms with Gasteiger partial charge in [0, 0.05) is 5.33 Å². The predicted molar refractivity (Wildman–Crippen MR) is 70.3 cm³/mol. The van der Waals surface area contributed by atoms with Gasteiger partial charge in [0.25, 0.3) is 0 Å². The second kappa shape index (κ2) is 5.81. The fourth-order valence-corrected chi connectivity index (χ4v) is 4.44. The number of allylic oxidation sites excluding steroid dienone is 2. The number of rotatable bonds is 6. The number of halogens is 1. The Balaban J connectivity index is 2.73. The molecule has 1 saturated carbocycles. The first-order valence-corrected chi connectivity index (χ1v) is 8.33. The topological polar surface area (TPSA) is 35.5 Å². The molecule has 0 aromatic rings. The van der Waals surface area contributed by atoms with Crippen LogP contribution in [0.3, 0.4) is 0 Å². The number of hydrogen-bond donors (Lipinski definition) is 0. The van der Waals surface area contributed by atoms with Gasteiger partial charge in [0.15, 0.2) is 0 Å². The van der Waals surface area contributed by atoms with Gasteiger partial charge in [-0.25, -0.2) is 0 Å². The Bertz CT molecular complexity index is 298. The van der Waals surface area contributed by atoms with Crippen LogP contribution < -0.4 is 0 Å². The van der Waals surface area contributed by atoms with Crippen LogP contribution in [0.5, 0.6) is 0 Å². The average molecular weight is 311 g/mol. The molecule has 1 unspecified atom stereocenters. The summed E-state index contributed by atoms with van der Waals surface area (Å²) < 4.78 is 23.6. The summed E-state index contributed by atoms with van der Waals surface area (Å²) in [7, 11) is -2.97. The molecule has 0 amide bonds. The zero-order valence-corrected chi connectivity index (χ0v) is 12.8. The minimum absolute atomic E-state index is 0.0187. The van der Waals surface area contributed by atoms with Crippen molar-refractivity contribution in [3.8, 4) is 0 Å². The maximum absolute atomic E-state index is 12.6. The van der Waals surface area contributed by atoms with E-state index in [4.69, 9.17) is 9.05 Å². The lowest BCUT2D eigenvalue weighted by Gasteiger charge is -2.22. The minimum Gasteiger partial charge on any atom is -0.305 e. The smallest absolute Gasteiger partial charge is 0.305 e. The van der Waals surface area contributed by atoms with Gasteiger partial charge in [0.2, 0.25) is 0 Å². The molecule has 0 aliphatic heterocycles. The van der Waals surface area contributed by atoms with Crippen molar-refractivity contribution < 1.29 is 13.6 Å². The van der Waals surface area contributed by atoms with E-state index in [1.54, 1.807) is 0 Å². The second-order valence-electron chi connectivity index (χ2n) is 4.50. The van der Waals surface area contributed by atoms with Crippen molar-refractivity contribution in [2.24, 2.45) is 0 Å². The van der Waals surface area contributed by atoms with Gasteiger partial charge in [-0.05, 0) is 34.1 Å². The molecule has 0 heterocycles. The molecule has 1 atom stereocenters. The van der Waals surface area contributed by atoms with Crippen LogP contribution in [0, 0.1) is 0 Å². The number of alkyl halides is 1. The van der Waals surface area contributed by atoms with Crippen molar-refractivity contribution in [1.82, 2.24) is 0 Å². The van der Waals surface area contributed by atoms with Crippen molar-refractivity contribution in [2.45, 2.75) is 52.0 Å². The van der Waals surface area contributed by atoms with Crippen molar-refractivity contribution in [1.29, 1.82) is 0 Å². The van der Waals surface area contributed by atoms with Crippen molar-refractivity contribution in [2.75, 3.05) is 5.33 Å². The Morgan fingerprint density at radius 1 is 1.38 bits per heavy atom. The second-order valence-corrected chi connectivity index (χ2v) is 7.27. The van der Waals surface area contributed by atoms with Gasteiger partial charge in [-0.1, -0.05) is 27.6 Å². The van der Waals surface area contributed by atoms with Crippen LogP contribution in [0.1, 0.15) is 34.1 Å². The van der Waals surface area contributed by atoms with E-state index >= 15 is 0 Å². The van der Waals surface area contributed by atoms with E-state index in [-0.39, 0.29) is 17.9 Å². The number of hydrogen-bond acceptors (Lipinski definition) is 3. The fourth-order valence-electron chi connectivity index (χ4n) is 1.56. The first-order chi connectivity index (χ1) is 7.39. The lowest BCUT2D eigenvalue weighted by Crippen LogP contribution is -2.10. The van der Waals surface area contributed by atoms with Crippen LogP contribution in [0.25, 0.3) is 0 Å². The maximum Gasteiger partial charge on any atom is 0.338 e. The molecule has 0 aromatic carbocycles. The standard InChI is InChI=1S/C11H20BrO3P/c1-8(2)14-16(13,15-9(3)4)11-7-10(11)5-6-12/h5,8-9,11H,6-7H2,1-4H3/b10-5-. The minimum atomic E-state index is -2.97. The highest BCUT2D eigenvalue weighted by Gasteiger charge is 2.49. The lowest BCUT2D eigenvalue weighted by molar-refractivity contribution is 0.142. The molecule has 16 heavy (non-hydrogen) atoms. The van der Waals surface area contributed by atoms with E-state index < -0.39 is 7.60 Å². The quantitative estimate of drug-likeness (QED) is 0.420. The molecule has 94 valence electrons. The molecule has 0 N–H and O–H groups in total. The molecule has 0 aromatic heterocycles. The first-order valence-electron chi connectivity index (χ1n) is 5.60. The van der Waals surface area contributed by atoms with Gasteiger partial charge in [-0.2, -0.15) is 0 Å². The van der Waals surface area contributed by atoms with E-state index in [1.807, 2.05) is 33.8 Å². The summed E-state index contributed by atoms with van der Waals surface area (Å²) in [6.07, 6.45) is 2.73. The SMILES string of the molecule is CC(C)OP(=O)(OC(C)C)C1C/C1=C/CBr. The Hall–Kier alpha value is 0.370. The summed E-state index contributed by atoms with van der Waals surface area (Å²) in [4.78, 5) is 0. The lowest BCUT2D eigenvalue weighted by atomic mass is 10.5. The maximum atomic E-state index is 12.6. The third kappa shape index (κ3) is 3.99. The van der Waals surface area contributed by atoms with Gasteiger partial charge in [-0.3, -0.25) is 4.57 Å². The van der Waals surface area contributed by atoms with Crippen LogP contribution in [0.15, 0.2) is 11.6 Å². The summed E-state index contributed by atoms with van der Waals surface area (Å²) in [6, 6.07) is 0. The van der Waals surface area contributed by atoms with Crippen molar-refractivity contribution in [3.63, 3.8) is 0 Å². The molecule has 5 heteroatoms. The highest BCUT2D eigenvalue weighted by Crippen LogP contribution is 2.66. The summed E-state index contributed by atoms with van der Waals surface area (Å²) >= 11 is 3.34. The molecule has 1 aliphatic carbocycles. The van der Waals surface area contributed by atoms with Crippen LogP contribution >= 0.6 is 23.5 Å². The molecule has 0 saturated heterocycles. The fraction of sp³-hybridized carbons (Fsp3) is 0.818. The Morgan fingerprint density at radius 3 is 2.25 bits per heavy atom. The average Bonchev–Trinajstić information content (AvgIpc) is 2.81. The normalized spacial score (nSPS) is 23.4. The predicted octanol–water partition coefficient (Wildman–Crippen LogP) is 4.12. The van der Waals surface area contributed by atoms with Gasteiger partial charge in [0.1, 0.15) is 0 Å². The Kier molecular flexibility index (Phi) is 5.24. The van der Waals surface area contributed by atoms with Gasteiger partial charge in [-0.15, -0.1) is 0 Å². The summed E-state index contributed by atoms with van der Waals surface area (Å²) in [5.74, 6) is 0. The Morgan fingerprint density at radius 2 is 1.88 bits per heavy atom. The van der Waals surface area contributed by atoms with Crippen LogP contribution in [-0.2, 0) is 13.6 Å². The van der Waals surface area contributed by atoms with Gasteiger partial charge >= 0.3 is 7.60 Å². The van der Waals surface area contributed by atoms with E-state index in [9.17, 15) is 4.57 Å². The van der Waals surface area contributed by atoms with Crippen molar-refractivity contribution in [3.05, 3.63) is 11.6 Å². The zero-order chi connectivity index (χ0) is 12.3. The molecule has 1 rings (SSSR count). The third-order valence-corrected chi connectivity index (χ3v) is 5.17. The monoisotopic (exact) mass is 310 g/mol. The molecule has 3 nitrogen and oxygen atoms in total. The molecule has 0 spiro atoms. The third-order valence-electron chi connectivity index (χ3n) is 2.13. The van der Waals surface area contributed by atoms with E-state index in [2.05, 4.69) is 15.9 Å². The van der Waals surface area contributed by atoms with E-state index in [0.29, 0.717) is 0 Å². The summed E-state index contributed by atoms with van der Waals surface area (Å²) in [6.45, 7) is 7.53. The van der Waals surface area contributed by atoms with Crippen LogP contribution in [0.4, 0.5) is 0 Å². The molecule has 1 fully saturated rings. The molecular weight excluding hydrogens is 291 g/mol. The highest BCUT2D eigenvalue weighted by molar-refractivity contribution is 9.09. The summed E-state index contributed by atoms with van der Waals surface area (Å²) in [5, 5.41) is 0.794. The van der Waals surface area contributed by atoms with Gasteiger partial charge in [0.05, 0.1) is 17.9 Å². The summed E-state index contributed by atoms with van der Waals surface area (Å²) in [5.41, 5.74) is 1.16. The van der Waals surface area contributed by atoms with Crippen LogP contribution in [0.2, 0.25) is 0 Å². The molecule has 0 radical (unpaired) electrons. The molecular formula is C11H20BrO3P. The van der Waals surface area contributed by atoms with Crippen molar-refractivity contribution >= 4 is 23.5 Å². The zero-order valence-electron chi connectivity index (χ0n) is 10.3. The Labute approximate surface area is 106 Å². The van der Waals surface area contributed by atoms with E-state index in [1.165, 1.54) is 5.57 Å². The van der Waals surface area contributed by atoms with E-state index in [0.717, 1.165) is 11.8 Å².